The van der Waals surface area contributed by atoms with Crippen molar-refractivity contribution in [3.63, 3.8) is 0 Å². The van der Waals surface area contributed by atoms with Crippen LogP contribution in [0.5, 0.6) is 0 Å². The minimum atomic E-state index is -3.08. The van der Waals surface area contributed by atoms with Crippen molar-refractivity contribution in [2.75, 3.05) is 37.5 Å². The van der Waals surface area contributed by atoms with Gasteiger partial charge < -0.3 is 9.64 Å². The topological polar surface area (TPSA) is 98.6 Å². The Kier molecular flexibility index (Phi) is 7.20. The minimum absolute atomic E-state index is 0.0149. The summed E-state index contributed by atoms with van der Waals surface area (Å²) in [5.74, 6) is 0.0584. The number of carbonyl (C=O) groups excluding carboxylic acids is 1. The van der Waals surface area contributed by atoms with Crippen molar-refractivity contribution in [2.45, 2.75) is 37.5 Å². The summed E-state index contributed by atoms with van der Waals surface area (Å²) in [6, 6.07) is 6.58. The Balaban J connectivity index is 1.86. The molecule has 2 aromatic rings. The number of thioether (sulfide) groups is 1. The van der Waals surface area contributed by atoms with E-state index < -0.39 is 9.84 Å². The Hall–Kier alpha value is -1.91. The molecule has 30 heavy (non-hydrogen) atoms. The van der Waals surface area contributed by atoms with E-state index in [1.807, 2.05) is 19.9 Å². The number of hydrogen-bond donors (Lipinski definition) is 0. The van der Waals surface area contributed by atoms with E-state index in [0.717, 1.165) is 0 Å². The van der Waals surface area contributed by atoms with E-state index in [-0.39, 0.29) is 40.8 Å². The lowest BCUT2D eigenvalue weighted by atomic mass is 10.2. The van der Waals surface area contributed by atoms with E-state index in [1.54, 1.807) is 34.8 Å². The highest BCUT2D eigenvalue weighted by Gasteiger charge is 2.34. The zero-order valence-corrected chi connectivity index (χ0v) is 19.0. The summed E-state index contributed by atoms with van der Waals surface area (Å²) in [6.45, 7) is 4.49. The Morgan fingerprint density at radius 1 is 1.40 bits per heavy atom. The molecule has 0 bridgehead atoms. The largest absolute Gasteiger partial charge is 0.383 e. The van der Waals surface area contributed by atoms with E-state index in [1.165, 1.54) is 11.8 Å². The van der Waals surface area contributed by atoms with Crippen molar-refractivity contribution in [3.8, 4) is 0 Å². The molecule has 0 radical (unpaired) electrons. The molecule has 8 nitrogen and oxygen atoms in total. The lowest BCUT2D eigenvalue weighted by molar-refractivity contribution is -0.129. The summed E-state index contributed by atoms with van der Waals surface area (Å²) in [5.41, 5.74) is 0.405. The van der Waals surface area contributed by atoms with Gasteiger partial charge in [-0.15, -0.1) is 0 Å². The van der Waals surface area contributed by atoms with E-state index in [4.69, 9.17) is 4.74 Å². The minimum Gasteiger partial charge on any atom is -0.383 e. The van der Waals surface area contributed by atoms with Crippen molar-refractivity contribution in [3.05, 3.63) is 34.6 Å². The van der Waals surface area contributed by atoms with Crippen LogP contribution in [-0.4, -0.2) is 72.3 Å². The number of aromatic nitrogens is 2. The molecule has 164 valence electrons. The van der Waals surface area contributed by atoms with E-state index in [0.29, 0.717) is 35.6 Å². The number of carbonyl (C=O) groups is 1. The van der Waals surface area contributed by atoms with Gasteiger partial charge in [0.25, 0.3) is 5.56 Å². The highest BCUT2D eigenvalue weighted by Crippen LogP contribution is 2.23. The molecular formula is C20H27N3O5S2. The molecule has 0 saturated carbocycles. The zero-order valence-electron chi connectivity index (χ0n) is 17.4. The highest BCUT2D eigenvalue weighted by atomic mass is 32.2. The summed E-state index contributed by atoms with van der Waals surface area (Å²) >= 11 is 1.20. The maximum atomic E-state index is 13.1. The molecule has 1 amide bonds. The normalized spacial score (nSPS) is 19.1. The molecule has 1 saturated heterocycles. The van der Waals surface area contributed by atoms with Crippen LogP contribution in [0.15, 0.2) is 34.2 Å². The first-order valence-corrected chi connectivity index (χ1v) is 12.7. The van der Waals surface area contributed by atoms with Gasteiger partial charge in [0.1, 0.15) is 0 Å². The number of sulfone groups is 1. The summed E-state index contributed by atoms with van der Waals surface area (Å²) < 4.78 is 30.4. The first-order valence-electron chi connectivity index (χ1n) is 9.90. The molecule has 1 aliphatic rings. The summed E-state index contributed by atoms with van der Waals surface area (Å²) in [4.78, 5) is 32.2. The third kappa shape index (κ3) is 4.87. The number of methoxy groups -OCH3 is 1. The van der Waals surface area contributed by atoms with Gasteiger partial charge in [-0.25, -0.2) is 13.4 Å². The van der Waals surface area contributed by atoms with Crippen molar-refractivity contribution in [1.29, 1.82) is 0 Å². The van der Waals surface area contributed by atoms with E-state index in [2.05, 4.69) is 4.98 Å². The second kappa shape index (κ2) is 9.49. The van der Waals surface area contributed by atoms with Crippen LogP contribution in [0.3, 0.4) is 0 Å². The molecule has 2 atom stereocenters. The van der Waals surface area contributed by atoms with Crippen molar-refractivity contribution in [1.82, 2.24) is 14.5 Å². The van der Waals surface area contributed by atoms with Crippen LogP contribution in [-0.2, 0) is 19.4 Å². The SMILES string of the molecule is CCN(C(=O)CSc1nc2ccccc2c(=O)n1[C@@H](C)COC)[C@@H]1CCS(=O)(=O)C1. The van der Waals surface area contributed by atoms with Crippen molar-refractivity contribution >= 4 is 38.4 Å². The molecule has 1 fully saturated rings. The Morgan fingerprint density at radius 2 is 2.13 bits per heavy atom. The molecule has 1 aliphatic heterocycles. The Morgan fingerprint density at radius 3 is 2.77 bits per heavy atom. The third-order valence-corrected chi connectivity index (χ3v) is 7.95. The van der Waals surface area contributed by atoms with Crippen LogP contribution in [0, 0.1) is 0 Å². The molecule has 10 heteroatoms. The Bertz CT molecular complexity index is 1080. The lowest BCUT2D eigenvalue weighted by Crippen LogP contribution is -2.42. The van der Waals surface area contributed by atoms with Crippen LogP contribution in [0.2, 0.25) is 0 Å². The van der Waals surface area contributed by atoms with Crippen molar-refractivity contribution < 1.29 is 17.9 Å². The number of rotatable bonds is 8. The monoisotopic (exact) mass is 453 g/mol. The predicted octanol–water partition coefficient (Wildman–Crippen LogP) is 1.73. The number of hydrogen-bond acceptors (Lipinski definition) is 7. The van der Waals surface area contributed by atoms with Gasteiger partial charge >= 0.3 is 0 Å². The second-order valence-corrected chi connectivity index (χ2v) is 10.6. The van der Waals surface area contributed by atoms with Gasteiger partial charge in [-0.3, -0.25) is 14.2 Å². The lowest BCUT2D eigenvalue weighted by Gasteiger charge is -2.27. The fourth-order valence-electron chi connectivity index (χ4n) is 3.80. The van der Waals surface area contributed by atoms with Gasteiger partial charge in [0.05, 0.1) is 40.8 Å². The number of amides is 1. The zero-order chi connectivity index (χ0) is 21.9. The Labute approximate surface area is 180 Å². The first-order chi connectivity index (χ1) is 14.3. The number of fused-ring (bicyclic) bond motifs is 1. The number of benzene rings is 1. The van der Waals surface area contributed by atoms with Gasteiger partial charge in [-0.05, 0) is 32.4 Å². The number of para-hydroxylation sites is 1. The molecule has 0 N–H and O–H groups in total. The van der Waals surface area contributed by atoms with E-state index >= 15 is 0 Å². The van der Waals surface area contributed by atoms with Gasteiger partial charge in [0.2, 0.25) is 5.91 Å². The standard InChI is InChI=1S/C20H27N3O5S2/c1-4-22(15-9-10-30(26,27)13-15)18(24)12-29-20-21-17-8-6-5-7-16(17)19(25)23(20)14(2)11-28-3/h5-8,14-15H,4,9-13H2,1-3H3/t14-,15+/m0/s1. The number of nitrogens with zero attached hydrogens (tertiary/aromatic N) is 3. The molecule has 0 spiro atoms. The molecule has 0 aliphatic carbocycles. The maximum absolute atomic E-state index is 13.1. The summed E-state index contributed by atoms with van der Waals surface area (Å²) in [6.07, 6.45) is 0.469. The van der Waals surface area contributed by atoms with Gasteiger partial charge in [0, 0.05) is 19.7 Å². The smallest absolute Gasteiger partial charge is 0.262 e. The number of ether oxygens (including phenoxy) is 1. The van der Waals surface area contributed by atoms with Gasteiger partial charge in [0.15, 0.2) is 15.0 Å². The predicted molar refractivity (Wildman–Crippen MR) is 118 cm³/mol. The van der Waals surface area contributed by atoms with E-state index in [9.17, 15) is 18.0 Å². The quantitative estimate of drug-likeness (QED) is 0.443. The van der Waals surface area contributed by atoms with Gasteiger partial charge in [-0.1, -0.05) is 23.9 Å². The molecule has 3 rings (SSSR count). The molecular weight excluding hydrogens is 426 g/mol. The molecule has 1 aromatic heterocycles. The van der Waals surface area contributed by atoms with Crippen LogP contribution >= 0.6 is 11.8 Å². The maximum Gasteiger partial charge on any atom is 0.262 e. The summed E-state index contributed by atoms with van der Waals surface area (Å²) in [5, 5.41) is 0.967. The third-order valence-electron chi connectivity index (χ3n) is 5.26. The van der Waals surface area contributed by atoms with Gasteiger partial charge in [-0.2, -0.15) is 0 Å². The van der Waals surface area contributed by atoms with Crippen molar-refractivity contribution in [2.24, 2.45) is 0 Å². The first kappa shape index (κ1) is 22.8. The molecule has 0 unspecified atom stereocenters. The van der Waals surface area contributed by atoms with Crippen LogP contribution in [0.1, 0.15) is 26.3 Å². The van der Waals surface area contributed by atoms with Crippen LogP contribution in [0.25, 0.3) is 10.9 Å². The average molecular weight is 454 g/mol. The van der Waals surface area contributed by atoms with Crippen LogP contribution in [0.4, 0.5) is 0 Å². The highest BCUT2D eigenvalue weighted by molar-refractivity contribution is 7.99. The fourth-order valence-corrected chi connectivity index (χ4v) is 6.51. The molecule has 2 heterocycles. The molecule has 1 aromatic carbocycles. The second-order valence-electron chi connectivity index (χ2n) is 7.42. The summed E-state index contributed by atoms with van der Waals surface area (Å²) in [7, 11) is -1.51. The van der Waals surface area contributed by atoms with Crippen LogP contribution < -0.4 is 5.56 Å². The fraction of sp³-hybridized carbons (Fsp3) is 0.550. The average Bonchev–Trinajstić information content (AvgIpc) is 3.06.